The lowest BCUT2D eigenvalue weighted by Crippen LogP contribution is -2.15. The quantitative estimate of drug-likeness (QED) is 0.795. The third-order valence-electron chi connectivity index (χ3n) is 3.20. The van der Waals surface area contributed by atoms with Crippen LogP contribution in [-0.2, 0) is 4.79 Å². The van der Waals surface area contributed by atoms with Gasteiger partial charge in [-0.1, -0.05) is 11.6 Å². The summed E-state index contributed by atoms with van der Waals surface area (Å²) in [7, 11) is 0. The zero-order valence-corrected chi connectivity index (χ0v) is 10.3. The highest BCUT2D eigenvalue weighted by Crippen LogP contribution is 2.39. The Morgan fingerprint density at radius 1 is 1.37 bits per heavy atom. The molecule has 1 fully saturated rings. The number of hydrogen-bond donors (Lipinski definition) is 0. The van der Waals surface area contributed by atoms with E-state index in [4.69, 9.17) is 11.6 Å². The maximum Gasteiger partial charge on any atom is 0.239 e. The normalized spacial score (nSPS) is 14.9. The van der Waals surface area contributed by atoms with E-state index < -0.39 is 22.1 Å². The maximum absolute atomic E-state index is 13.5. The van der Waals surface area contributed by atoms with Gasteiger partial charge in [0, 0.05) is 12.2 Å². The van der Waals surface area contributed by atoms with Gasteiger partial charge >= 0.3 is 0 Å². The summed E-state index contributed by atoms with van der Waals surface area (Å²) in [6, 6.07) is 0.830. The third kappa shape index (κ3) is 1.76. The molecule has 0 spiro atoms. The smallest absolute Gasteiger partial charge is 0.239 e. The summed E-state index contributed by atoms with van der Waals surface area (Å²) in [5.74, 6) is -2.40. The molecule has 1 aromatic carbocycles. The number of pyridine rings is 1. The lowest BCUT2D eigenvalue weighted by Gasteiger charge is -2.12. The van der Waals surface area contributed by atoms with Gasteiger partial charge in [0.2, 0.25) is 11.7 Å². The Kier molecular flexibility index (Phi) is 2.67. The Labute approximate surface area is 111 Å². The van der Waals surface area contributed by atoms with E-state index in [0.29, 0.717) is 0 Å². The van der Waals surface area contributed by atoms with Crippen LogP contribution in [-0.4, -0.2) is 10.9 Å². The molecule has 0 N–H and O–H groups in total. The number of nitrogens with zero attached hydrogens (tertiary/aromatic N) is 1. The summed E-state index contributed by atoms with van der Waals surface area (Å²) in [4.78, 5) is 22.7. The minimum atomic E-state index is -1.21. The molecule has 97 valence electrons. The fourth-order valence-electron chi connectivity index (χ4n) is 2.13. The summed E-state index contributed by atoms with van der Waals surface area (Å²) < 4.78 is 28.5. The SMILES string of the molecule is O=[C]c1cn(C2CC2)c2c(Cl)c(F)c(F)cc2c1=O. The Morgan fingerprint density at radius 2 is 2.05 bits per heavy atom. The number of halogens is 3. The zero-order valence-electron chi connectivity index (χ0n) is 9.54. The van der Waals surface area contributed by atoms with E-state index in [-0.39, 0.29) is 22.5 Å². The molecule has 0 bridgehead atoms. The molecule has 0 amide bonds. The summed E-state index contributed by atoms with van der Waals surface area (Å²) in [6.45, 7) is 0. The van der Waals surface area contributed by atoms with Crippen LogP contribution in [0.4, 0.5) is 8.78 Å². The molecule has 1 radical (unpaired) electrons. The number of fused-ring (bicyclic) bond motifs is 1. The molecule has 1 heterocycles. The predicted octanol–water partition coefficient (Wildman–Crippen LogP) is 2.73. The average molecular weight is 283 g/mol. The fourth-order valence-corrected chi connectivity index (χ4v) is 2.42. The molecule has 0 aliphatic heterocycles. The first-order valence-corrected chi connectivity index (χ1v) is 6.03. The van der Waals surface area contributed by atoms with Gasteiger partial charge < -0.3 is 4.57 Å². The van der Waals surface area contributed by atoms with E-state index in [1.165, 1.54) is 12.5 Å². The second-order valence-electron chi connectivity index (χ2n) is 4.49. The first-order chi connectivity index (χ1) is 9.04. The van der Waals surface area contributed by atoms with Crippen LogP contribution in [0.15, 0.2) is 17.1 Å². The van der Waals surface area contributed by atoms with Gasteiger partial charge in [-0.15, -0.1) is 0 Å². The Hall–Kier alpha value is -1.75. The highest BCUT2D eigenvalue weighted by Gasteiger charge is 2.28. The Balaban J connectivity index is 2.53. The van der Waals surface area contributed by atoms with Crippen LogP contribution in [0, 0.1) is 11.6 Å². The minimum absolute atomic E-state index is 0.0533. The zero-order chi connectivity index (χ0) is 13.7. The second kappa shape index (κ2) is 4.13. The third-order valence-corrected chi connectivity index (χ3v) is 3.55. The molecule has 3 nitrogen and oxygen atoms in total. The maximum atomic E-state index is 13.5. The highest BCUT2D eigenvalue weighted by molar-refractivity contribution is 6.35. The Morgan fingerprint density at radius 3 is 2.63 bits per heavy atom. The molecular formula is C13H7ClF2NO2. The van der Waals surface area contributed by atoms with Gasteiger partial charge in [0.25, 0.3) is 0 Å². The monoisotopic (exact) mass is 282 g/mol. The summed E-state index contributed by atoms with van der Waals surface area (Å²) >= 11 is 5.80. The molecule has 19 heavy (non-hydrogen) atoms. The summed E-state index contributed by atoms with van der Waals surface area (Å²) in [5.41, 5.74) is -0.767. The lowest BCUT2D eigenvalue weighted by atomic mass is 10.1. The molecule has 1 saturated carbocycles. The van der Waals surface area contributed by atoms with Crippen molar-refractivity contribution in [3.05, 3.63) is 44.7 Å². The molecule has 6 heteroatoms. The largest absolute Gasteiger partial charge is 0.342 e. The van der Waals surface area contributed by atoms with E-state index in [0.717, 1.165) is 18.9 Å². The van der Waals surface area contributed by atoms with Gasteiger partial charge in [-0.25, -0.2) is 8.78 Å². The number of carbonyl (C=O) groups excluding carboxylic acids is 1. The van der Waals surface area contributed by atoms with Crippen LogP contribution >= 0.6 is 11.6 Å². The standard InChI is InChI=1S/C13H7ClF2NO2/c14-10-11(16)9(15)3-8-12(10)17(7-1-2-7)4-6(5-18)13(8)19/h3-4,7H,1-2H2. The van der Waals surface area contributed by atoms with Crippen LogP contribution in [0.2, 0.25) is 5.02 Å². The lowest BCUT2D eigenvalue weighted by molar-refractivity contribution is 0.510. The van der Waals surface area contributed by atoms with Gasteiger partial charge in [0.1, 0.15) is 5.02 Å². The van der Waals surface area contributed by atoms with E-state index in [2.05, 4.69) is 0 Å². The van der Waals surface area contributed by atoms with Crippen LogP contribution < -0.4 is 5.43 Å². The summed E-state index contributed by atoms with van der Waals surface area (Å²) in [6.07, 6.45) is 4.50. The number of benzene rings is 1. The van der Waals surface area contributed by atoms with Crippen molar-refractivity contribution in [2.24, 2.45) is 0 Å². The van der Waals surface area contributed by atoms with E-state index >= 15 is 0 Å². The van der Waals surface area contributed by atoms with Crippen LogP contribution in [0.5, 0.6) is 0 Å². The Bertz CT molecular complexity index is 766. The van der Waals surface area contributed by atoms with E-state index in [9.17, 15) is 18.4 Å². The van der Waals surface area contributed by atoms with Crippen molar-refractivity contribution in [1.29, 1.82) is 0 Å². The second-order valence-corrected chi connectivity index (χ2v) is 4.87. The average Bonchev–Trinajstić information content (AvgIpc) is 3.21. The van der Waals surface area contributed by atoms with Crippen LogP contribution in [0.3, 0.4) is 0 Å². The van der Waals surface area contributed by atoms with Crippen molar-refractivity contribution in [3.8, 4) is 0 Å². The molecule has 0 unspecified atom stereocenters. The van der Waals surface area contributed by atoms with Gasteiger partial charge in [0.15, 0.2) is 11.6 Å². The molecule has 1 aromatic heterocycles. The van der Waals surface area contributed by atoms with Crippen molar-refractivity contribution >= 4 is 28.8 Å². The topological polar surface area (TPSA) is 39.1 Å². The molecular weight excluding hydrogens is 276 g/mol. The summed E-state index contributed by atoms with van der Waals surface area (Å²) in [5, 5.41) is -0.534. The van der Waals surface area contributed by atoms with E-state index in [1.807, 2.05) is 0 Å². The molecule has 2 aromatic rings. The van der Waals surface area contributed by atoms with E-state index in [1.54, 1.807) is 4.57 Å². The highest BCUT2D eigenvalue weighted by atomic mass is 35.5. The van der Waals surface area contributed by atoms with Crippen molar-refractivity contribution in [2.75, 3.05) is 0 Å². The predicted molar refractivity (Wildman–Crippen MR) is 66.2 cm³/mol. The molecule has 3 rings (SSSR count). The first kappa shape index (κ1) is 12.3. The van der Waals surface area contributed by atoms with Gasteiger partial charge in [-0.05, 0) is 18.9 Å². The molecule has 0 atom stereocenters. The van der Waals surface area contributed by atoms with Crippen LogP contribution in [0.1, 0.15) is 24.4 Å². The van der Waals surface area contributed by atoms with Gasteiger partial charge in [0.05, 0.1) is 16.5 Å². The van der Waals surface area contributed by atoms with Crippen LogP contribution in [0.25, 0.3) is 10.9 Å². The van der Waals surface area contributed by atoms with Crippen molar-refractivity contribution in [1.82, 2.24) is 4.57 Å². The van der Waals surface area contributed by atoms with Gasteiger partial charge in [-0.2, -0.15) is 0 Å². The van der Waals surface area contributed by atoms with Crippen molar-refractivity contribution < 1.29 is 13.6 Å². The fraction of sp³-hybridized carbons (Fsp3) is 0.231. The molecule has 1 aliphatic carbocycles. The first-order valence-electron chi connectivity index (χ1n) is 5.65. The molecule has 0 saturated heterocycles. The van der Waals surface area contributed by atoms with Crippen molar-refractivity contribution in [3.63, 3.8) is 0 Å². The number of aromatic nitrogens is 1. The molecule has 1 aliphatic rings. The van der Waals surface area contributed by atoms with Crippen molar-refractivity contribution in [2.45, 2.75) is 18.9 Å². The van der Waals surface area contributed by atoms with Gasteiger partial charge in [-0.3, -0.25) is 9.59 Å². The number of rotatable bonds is 2. The minimum Gasteiger partial charge on any atom is -0.342 e. The number of hydrogen-bond acceptors (Lipinski definition) is 2.